The van der Waals surface area contributed by atoms with Crippen LogP contribution in [0.15, 0.2) is 40.9 Å². The van der Waals surface area contributed by atoms with Crippen molar-refractivity contribution in [2.24, 2.45) is 0 Å². The highest BCUT2D eigenvalue weighted by Crippen LogP contribution is 2.40. The van der Waals surface area contributed by atoms with E-state index in [4.69, 9.17) is 9.72 Å². The maximum Gasteiger partial charge on any atom is 0.336 e. The number of halogens is 1. The Hall–Kier alpha value is -2.86. The lowest BCUT2D eigenvalue weighted by Gasteiger charge is -2.10. The van der Waals surface area contributed by atoms with Crippen molar-refractivity contribution in [3.05, 3.63) is 63.3 Å². The molecule has 0 spiro atoms. The van der Waals surface area contributed by atoms with E-state index in [1.54, 1.807) is 12.1 Å². The third-order valence-electron chi connectivity index (χ3n) is 4.85. The Morgan fingerprint density at radius 2 is 2.07 bits per heavy atom. The van der Waals surface area contributed by atoms with E-state index in [-0.39, 0.29) is 5.75 Å². The standard InChI is InChI=1S/C22H18BrNO4/c1-2-28-18-11-12(10-16(23)21(18)25)9-13-7-8-15-19(22(26)27)14-5-3-4-6-17(14)24-20(13)15/h3-6,9-11,25H,2,7-8H2,1H3,(H,26,27). The van der Waals surface area contributed by atoms with Gasteiger partial charge in [-0.05, 0) is 76.7 Å². The lowest BCUT2D eigenvalue weighted by atomic mass is 10.0. The summed E-state index contributed by atoms with van der Waals surface area (Å²) in [4.78, 5) is 16.7. The first-order valence-electron chi connectivity index (χ1n) is 9.00. The number of hydrogen-bond acceptors (Lipinski definition) is 4. The number of carbonyl (C=O) groups is 1. The van der Waals surface area contributed by atoms with Crippen LogP contribution in [-0.2, 0) is 6.42 Å². The van der Waals surface area contributed by atoms with Crippen LogP contribution in [0.5, 0.6) is 11.5 Å². The van der Waals surface area contributed by atoms with Gasteiger partial charge in [0, 0.05) is 5.39 Å². The van der Waals surface area contributed by atoms with E-state index in [1.807, 2.05) is 37.3 Å². The summed E-state index contributed by atoms with van der Waals surface area (Å²) in [6.45, 7) is 2.30. The molecule has 0 saturated heterocycles. The lowest BCUT2D eigenvalue weighted by Crippen LogP contribution is -2.05. The number of aromatic hydroxyl groups is 1. The van der Waals surface area contributed by atoms with Crippen LogP contribution in [0, 0.1) is 0 Å². The molecule has 28 heavy (non-hydrogen) atoms. The van der Waals surface area contributed by atoms with Crippen molar-refractivity contribution in [1.29, 1.82) is 0 Å². The lowest BCUT2D eigenvalue weighted by molar-refractivity contribution is 0.0698. The summed E-state index contributed by atoms with van der Waals surface area (Å²) in [5, 5.41) is 20.6. The summed E-state index contributed by atoms with van der Waals surface area (Å²) in [6.07, 6.45) is 3.32. The van der Waals surface area contributed by atoms with Crippen molar-refractivity contribution < 1.29 is 19.7 Å². The molecule has 0 aliphatic heterocycles. The van der Waals surface area contributed by atoms with E-state index in [2.05, 4.69) is 15.9 Å². The monoisotopic (exact) mass is 439 g/mol. The van der Waals surface area contributed by atoms with Crippen LogP contribution in [0.4, 0.5) is 0 Å². The number of para-hydroxylation sites is 1. The average Bonchev–Trinajstić information content (AvgIpc) is 3.05. The fourth-order valence-electron chi connectivity index (χ4n) is 3.67. The first-order chi connectivity index (χ1) is 13.5. The number of fused-ring (bicyclic) bond motifs is 2. The summed E-state index contributed by atoms with van der Waals surface area (Å²) >= 11 is 3.36. The van der Waals surface area contributed by atoms with Crippen molar-refractivity contribution in [2.75, 3.05) is 6.61 Å². The fourth-order valence-corrected chi connectivity index (χ4v) is 4.13. The van der Waals surface area contributed by atoms with Crippen molar-refractivity contribution in [3.8, 4) is 11.5 Å². The number of nitrogens with zero attached hydrogens (tertiary/aromatic N) is 1. The zero-order chi connectivity index (χ0) is 19.8. The Bertz CT molecular complexity index is 1140. The SMILES string of the molecule is CCOc1cc(C=C2CCc3c2nc2ccccc2c3C(=O)O)cc(Br)c1O. The van der Waals surface area contributed by atoms with Gasteiger partial charge in [-0.15, -0.1) is 0 Å². The molecule has 4 rings (SSSR count). The third-order valence-corrected chi connectivity index (χ3v) is 5.45. The molecule has 0 saturated carbocycles. The number of aromatic nitrogens is 1. The number of aromatic carboxylic acids is 1. The molecule has 5 nitrogen and oxygen atoms in total. The minimum absolute atomic E-state index is 0.0631. The van der Waals surface area contributed by atoms with Crippen LogP contribution in [0.25, 0.3) is 22.6 Å². The van der Waals surface area contributed by atoms with Crippen LogP contribution in [0.1, 0.15) is 40.5 Å². The number of hydrogen-bond donors (Lipinski definition) is 2. The smallest absolute Gasteiger partial charge is 0.336 e. The summed E-state index contributed by atoms with van der Waals surface area (Å²) in [5.41, 5.74) is 4.35. The largest absolute Gasteiger partial charge is 0.503 e. The highest BCUT2D eigenvalue weighted by Gasteiger charge is 2.26. The molecular weight excluding hydrogens is 422 g/mol. The van der Waals surface area contributed by atoms with Gasteiger partial charge in [0.05, 0.1) is 27.9 Å². The zero-order valence-electron chi connectivity index (χ0n) is 15.2. The second-order valence-electron chi connectivity index (χ2n) is 6.59. The fraction of sp³-hybridized carbons (Fsp3) is 0.182. The summed E-state index contributed by atoms with van der Waals surface area (Å²) in [7, 11) is 0. The predicted octanol–water partition coefficient (Wildman–Crippen LogP) is 5.29. The molecule has 2 aromatic carbocycles. The number of carboxylic acids is 1. The van der Waals surface area contributed by atoms with Gasteiger partial charge in [0.25, 0.3) is 0 Å². The van der Waals surface area contributed by atoms with Crippen molar-refractivity contribution in [1.82, 2.24) is 4.98 Å². The number of phenols is 1. The van der Waals surface area contributed by atoms with Gasteiger partial charge in [-0.2, -0.15) is 0 Å². The minimum Gasteiger partial charge on any atom is -0.503 e. The summed E-state index contributed by atoms with van der Waals surface area (Å²) < 4.78 is 6.04. The number of rotatable bonds is 4. The second-order valence-corrected chi connectivity index (χ2v) is 7.44. The number of phenolic OH excluding ortho intramolecular Hbond substituents is 1. The van der Waals surface area contributed by atoms with Crippen molar-refractivity contribution in [2.45, 2.75) is 19.8 Å². The predicted molar refractivity (Wildman–Crippen MR) is 112 cm³/mol. The topological polar surface area (TPSA) is 79.7 Å². The Balaban J connectivity index is 1.88. The van der Waals surface area contributed by atoms with Crippen molar-refractivity contribution in [3.63, 3.8) is 0 Å². The van der Waals surface area contributed by atoms with Gasteiger partial charge >= 0.3 is 5.97 Å². The van der Waals surface area contributed by atoms with Gasteiger partial charge in [-0.25, -0.2) is 9.78 Å². The molecule has 1 aliphatic carbocycles. The molecule has 1 heterocycles. The molecule has 1 aliphatic rings. The minimum atomic E-state index is -0.929. The Labute approximate surface area is 170 Å². The summed E-state index contributed by atoms with van der Waals surface area (Å²) in [6, 6.07) is 10.9. The number of benzene rings is 2. The Morgan fingerprint density at radius 3 is 2.82 bits per heavy atom. The van der Waals surface area contributed by atoms with Gasteiger partial charge in [-0.1, -0.05) is 18.2 Å². The van der Waals surface area contributed by atoms with E-state index in [0.29, 0.717) is 46.1 Å². The molecule has 0 bridgehead atoms. The number of carboxylic acid groups (broad SMARTS) is 1. The van der Waals surface area contributed by atoms with E-state index >= 15 is 0 Å². The number of allylic oxidation sites excluding steroid dienone is 1. The maximum atomic E-state index is 11.9. The first kappa shape index (κ1) is 18.5. The molecule has 3 aromatic rings. The highest BCUT2D eigenvalue weighted by molar-refractivity contribution is 9.10. The van der Waals surface area contributed by atoms with Crippen LogP contribution >= 0.6 is 15.9 Å². The number of pyridine rings is 1. The Morgan fingerprint density at radius 1 is 1.29 bits per heavy atom. The molecule has 142 valence electrons. The van der Waals surface area contributed by atoms with E-state index in [1.165, 1.54) is 0 Å². The first-order valence-corrected chi connectivity index (χ1v) is 9.80. The molecule has 0 fully saturated rings. The molecule has 1 aromatic heterocycles. The molecule has 0 unspecified atom stereocenters. The molecule has 0 amide bonds. The molecular formula is C22H18BrNO4. The van der Waals surface area contributed by atoms with Crippen LogP contribution in [-0.4, -0.2) is 27.8 Å². The van der Waals surface area contributed by atoms with Gasteiger partial charge in [-0.3, -0.25) is 0 Å². The van der Waals surface area contributed by atoms with E-state index in [0.717, 1.165) is 22.4 Å². The molecule has 6 heteroatoms. The zero-order valence-corrected chi connectivity index (χ0v) is 16.8. The van der Waals surface area contributed by atoms with Gasteiger partial charge in [0.2, 0.25) is 0 Å². The average molecular weight is 440 g/mol. The van der Waals surface area contributed by atoms with E-state index in [9.17, 15) is 15.0 Å². The van der Waals surface area contributed by atoms with Gasteiger partial charge in [0.15, 0.2) is 11.5 Å². The van der Waals surface area contributed by atoms with Crippen LogP contribution in [0.3, 0.4) is 0 Å². The maximum absolute atomic E-state index is 11.9. The van der Waals surface area contributed by atoms with E-state index < -0.39 is 5.97 Å². The highest BCUT2D eigenvalue weighted by atomic mass is 79.9. The van der Waals surface area contributed by atoms with Crippen LogP contribution < -0.4 is 4.74 Å². The Kier molecular flexibility index (Phi) is 4.81. The molecule has 2 N–H and O–H groups in total. The molecule has 0 atom stereocenters. The summed E-state index contributed by atoms with van der Waals surface area (Å²) in [5.74, 6) is -0.463. The normalized spacial score (nSPS) is 14.4. The van der Waals surface area contributed by atoms with Gasteiger partial charge < -0.3 is 14.9 Å². The van der Waals surface area contributed by atoms with Crippen molar-refractivity contribution >= 4 is 44.5 Å². The second kappa shape index (κ2) is 7.28. The van der Waals surface area contributed by atoms with Crippen LogP contribution in [0.2, 0.25) is 0 Å². The van der Waals surface area contributed by atoms with Gasteiger partial charge in [0.1, 0.15) is 0 Å². The number of ether oxygens (including phenoxy) is 1. The third kappa shape index (κ3) is 3.14. The molecule has 0 radical (unpaired) electrons. The quantitative estimate of drug-likeness (QED) is 0.577.